The third-order valence-electron chi connectivity index (χ3n) is 6.28. The number of nitrogens with zero attached hydrogens (tertiary/aromatic N) is 1. The number of carbonyl (C=O) groups excluding carboxylic acids is 3. The Bertz CT molecular complexity index is 1530. The smallest absolute Gasteiger partial charge is 0.310 e. The van der Waals surface area contributed by atoms with Gasteiger partial charge >= 0.3 is 11.8 Å². The Morgan fingerprint density at radius 3 is 2.46 bits per heavy atom. The van der Waals surface area contributed by atoms with Gasteiger partial charge in [0.1, 0.15) is 6.26 Å². The highest BCUT2D eigenvalue weighted by Crippen LogP contribution is 2.46. The summed E-state index contributed by atoms with van der Waals surface area (Å²) in [4.78, 5) is 41.5. The zero-order valence-corrected chi connectivity index (χ0v) is 19.9. The van der Waals surface area contributed by atoms with Crippen LogP contribution in [0.4, 0.5) is 0 Å². The molecular formula is C29H24N4O4. The van der Waals surface area contributed by atoms with Crippen LogP contribution in [0.15, 0.2) is 83.6 Å². The van der Waals surface area contributed by atoms with Crippen molar-refractivity contribution in [1.29, 1.82) is 0 Å². The molecule has 3 aromatic carbocycles. The van der Waals surface area contributed by atoms with Gasteiger partial charge in [0.2, 0.25) is 0 Å². The molecule has 8 heteroatoms. The zero-order chi connectivity index (χ0) is 25.7. The summed E-state index contributed by atoms with van der Waals surface area (Å²) in [6, 6.07) is 21.4. The number of carbonyl (C=O) groups is 3. The third-order valence-corrected chi connectivity index (χ3v) is 6.28. The first-order chi connectivity index (χ1) is 18.0. The number of oxazole rings is 1. The molecule has 184 valence electrons. The van der Waals surface area contributed by atoms with Crippen molar-refractivity contribution in [2.45, 2.75) is 24.9 Å². The first-order valence-corrected chi connectivity index (χ1v) is 11.9. The second kappa shape index (κ2) is 10.4. The van der Waals surface area contributed by atoms with Crippen LogP contribution in [-0.2, 0) is 21.7 Å². The molecule has 0 unspecified atom stereocenters. The molecule has 3 N–H and O–H groups in total. The normalized spacial score (nSPS) is 13.2. The van der Waals surface area contributed by atoms with E-state index in [0.717, 1.165) is 29.2 Å². The Morgan fingerprint density at radius 1 is 0.919 bits per heavy atom. The van der Waals surface area contributed by atoms with E-state index in [4.69, 9.17) is 4.42 Å². The van der Waals surface area contributed by atoms with Gasteiger partial charge in [0.25, 0.3) is 11.8 Å². The van der Waals surface area contributed by atoms with Gasteiger partial charge < -0.3 is 20.4 Å². The lowest BCUT2D eigenvalue weighted by Crippen LogP contribution is -2.40. The van der Waals surface area contributed by atoms with Gasteiger partial charge in [-0.2, -0.15) is 0 Å². The second-order valence-corrected chi connectivity index (χ2v) is 8.76. The van der Waals surface area contributed by atoms with Crippen LogP contribution in [0.2, 0.25) is 0 Å². The predicted octanol–water partition coefficient (Wildman–Crippen LogP) is 3.03. The molecule has 1 heterocycles. The van der Waals surface area contributed by atoms with Crippen molar-refractivity contribution in [3.05, 3.63) is 102 Å². The third kappa shape index (κ3) is 5.52. The highest BCUT2D eigenvalue weighted by atomic mass is 16.3. The van der Waals surface area contributed by atoms with Crippen molar-refractivity contribution in [3.8, 4) is 11.8 Å². The van der Waals surface area contributed by atoms with Gasteiger partial charge in [-0.1, -0.05) is 60.5 Å². The number of rotatable bonds is 6. The number of fused-ring (bicyclic) bond motifs is 1. The molecule has 8 nitrogen and oxygen atoms in total. The van der Waals surface area contributed by atoms with E-state index in [9.17, 15) is 14.4 Å². The highest BCUT2D eigenvalue weighted by Gasteiger charge is 2.46. The van der Waals surface area contributed by atoms with Crippen molar-refractivity contribution in [1.82, 2.24) is 20.9 Å². The minimum absolute atomic E-state index is 0.0286. The molecule has 37 heavy (non-hydrogen) atoms. The summed E-state index contributed by atoms with van der Waals surface area (Å²) in [5, 5.41) is 10.5. The molecule has 4 aromatic rings. The first-order valence-electron chi connectivity index (χ1n) is 11.9. The fourth-order valence-corrected chi connectivity index (χ4v) is 4.14. The van der Waals surface area contributed by atoms with Crippen LogP contribution in [0.1, 0.15) is 40.2 Å². The molecule has 0 bridgehead atoms. The van der Waals surface area contributed by atoms with Crippen LogP contribution in [0, 0.1) is 11.8 Å². The molecule has 1 aromatic heterocycles. The van der Waals surface area contributed by atoms with E-state index in [1.807, 2.05) is 12.1 Å². The number of nitrogens with one attached hydrogen (secondary N) is 3. The van der Waals surface area contributed by atoms with E-state index in [2.05, 4.69) is 63.1 Å². The lowest BCUT2D eigenvalue weighted by atomic mass is 9.99. The molecule has 3 amide bonds. The van der Waals surface area contributed by atoms with Crippen molar-refractivity contribution < 1.29 is 18.8 Å². The fraction of sp³-hybridized carbons (Fsp3) is 0.172. The summed E-state index contributed by atoms with van der Waals surface area (Å²) in [6.45, 7) is -0.00863. The van der Waals surface area contributed by atoms with Crippen LogP contribution in [0.25, 0.3) is 10.8 Å². The number of hydrogen-bond acceptors (Lipinski definition) is 5. The summed E-state index contributed by atoms with van der Waals surface area (Å²) in [6.07, 6.45) is 4.56. The van der Waals surface area contributed by atoms with Gasteiger partial charge in [0.05, 0.1) is 18.3 Å². The maximum atomic E-state index is 13.3. The molecular weight excluding hydrogens is 468 g/mol. The van der Waals surface area contributed by atoms with Crippen molar-refractivity contribution in [2.24, 2.45) is 0 Å². The Kier molecular flexibility index (Phi) is 6.68. The second-order valence-electron chi connectivity index (χ2n) is 8.76. The maximum Gasteiger partial charge on any atom is 0.310 e. The molecule has 0 atom stereocenters. The Morgan fingerprint density at radius 2 is 1.68 bits per heavy atom. The molecule has 1 aliphatic carbocycles. The van der Waals surface area contributed by atoms with Crippen molar-refractivity contribution in [3.63, 3.8) is 0 Å². The van der Waals surface area contributed by atoms with Gasteiger partial charge in [0, 0.05) is 12.1 Å². The standard InChI is InChI=1S/C29H24N4O4/c34-26(33-29(13-14-29)23-12-11-20-6-1-2-7-21(20)18-23)24-9-4-3-8-22(24)19-32-28(36)27(35)31-15-5-10-25-30-16-17-37-25/h1-4,6-9,11-12,16-18H,13-15,19H2,(H,31,35)(H,32,36)(H,33,34). The van der Waals surface area contributed by atoms with Gasteiger partial charge in [-0.3, -0.25) is 14.4 Å². The van der Waals surface area contributed by atoms with Gasteiger partial charge in [0.15, 0.2) is 0 Å². The first kappa shape index (κ1) is 23.8. The van der Waals surface area contributed by atoms with E-state index in [0.29, 0.717) is 11.1 Å². The van der Waals surface area contributed by atoms with E-state index < -0.39 is 17.4 Å². The summed E-state index contributed by atoms with van der Waals surface area (Å²) in [5.74, 6) is 3.64. The summed E-state index contributed by atoms with van der Waals surface area (Å²) >= 11 is 0. The number of aromatic nitrogens is 1. The Hall–Kier alpha value is -4.90. The average molecular weight is 493 g/mol. The molecule has 1 aliphatic rings. The molecule has 1 fully saturated rings. The Labute approximate surface area is 213 Å². The van der Waals surface area contributed by atoms with E-state index in [-0.39, 0.29) is 24.9 Å². The van der Waals surface area contributed by atoms with E-state index in [1.54, 1.807) is 24.3 Å². The van der Waals surface area contributed by atoms with Crippen LogP contribution < -0.4 is 16.0 Å². The highest BCUT2D eigenvalue weighted by molar-refractivity contribution is 6.35. The van der Waals surface area contributed by atoms with Gasteiger partial charge in [-0.05, 0) is 52.8 Å². The molecule has 1 saturated carbocycles. The van der Waals surface area contributed by atoms with Crippen LogP contribution in [0.3, 0.4) is 0 Å². The topological polar surface area (TPSA) is 113 Å². The van der Waals surface area contributed by atoms with E-state index >= 15 is 0 Å². The number of hydrogen-bond donors (Lipinski definition) is 3. The molecule has 0 spiro atoms. The largest absolute Gasteiger partial charge is 0.439 e. The Balaban J connectivity index is 1.20. The quantitative estimate of drug-likeness (QED) is 0.283. The minimum atomic E-state index is -0.822. The molecule has 5 rings (SSSR count). The van der Waals surface area contributed by atoms with Crippen molar-refractivity contribution in [2.75, 3.05) is 6.54 Å². The summed E-state index contributed by atoms with van der Waals surface area (Å²) in [5.41, 5.74) is 1.74. The summed E-state index contributed by atoms with van der Waals surface area (Å²) in [7, 11) is 0. The molecule has 0 aliphatic heterocycles. The zero-order valence-electron chi connectivity index (χ0n) is 19.9. The molecule has 0 radical (unpaired) electrons. The monoisotopic (exact) mass is 492 g/mol. The maximum absolute atomic E-state index is 13.3. The van der Waals surface area contributed by atoms with Crippen LogP contribution in [0.5, 0.6) is 0 Å². The van der Waals surface area contributed by atoms with E-state index in [1.165, 1.54) is 12.5 Å². The van der Waals surface area contributed by atoms with Crippen LogP contribution >= 0.6 is 0 Å². The van der Waals surface area contributed by atoms with Crippen LogP contribution in [-0.4, -0.2) is 29.3 Å². The number of benzene rings is 3. The lowest BCUT2D eigenvalue weighted by molar-refractivity contribution is -0.139. The lowest BCUT2D eigenvalue weighted by Gasteiger charge is -2.20. The van der Waals surface area contributed by atoms with Gasteiger partial charge in [-0.25, -0.2) is 4.98 Å². The average Bonchev–Trinajstić information content (AvgIpc) is 3.52. The van der Waals surface area contributed by atoms with Gasteiger partial charge in [-0.15, -0.1) is 0 Å². The summed E-state index contributed by atoms with van der Waals surface area (Å²) < 4.78 is 4.97. The number of amides is 3. The predicted molar refractivity (Wildman–Crippen MR) is 137 cm³/mol. The molecule has 0 saturated heterocycles. The van der Waals surface area contributed by atoms with Crippen molar-refractivity contribution >= 4 is 28.5 Å². The SMILES string of the molecule is O=C(NCC#Cc1ncco1)C(=O)NCc1ccccc1C(=O)NC1(c2ccc3ccccc3c2)CC1. The minimum Gasteiger partial charge on any atom is -0.439 e. The fourth-order valence-electron chi connectivity index (χ4n) is 4.14.